The normalized spacial score (nSPS) is 17.6. The van der Waals surface area contributed by atoms with Gasteiger partial charge in [-0.2, -0.15) is 4.98 Å². The molecule has 1 aliphatic rings. The molecular formula is C18H25FN4O2. The largest absolute Gasteiger partial charge is 0.494 e. The van der Waals surface area contributed by atoms with Crippen LogP contribution in [-0.4, -0.2) is 53.2 Å². The molecule has 0 radical (unpaired) electrons. The molecule has 1 aromatic heterocycles. The summed E-state index contributed by atoms with van der Waals surface area (Å²) in [6.07, 6.45) is 0.780. The van der Waals surface area contributed by atoms with E-state index in [0.29, 0.717) is 5.89 Å². The molecule has 0 N–H and O–H groups in total. The van der Waals surface area contributed by atoms with E-state index in [1.165, 1.54) is 7.11 Å². The molecule has 25 heavy (non-hydrogen) atoms. The van der Waals surface area contributed by atoms with Gasteiger partial charge in [-0.15, -0.1) is 0 Å². The summed E-state index contributed by atoms with van der Waals surface area (Å²) in [4.78, 5) is 9.10. The van der Waals surface area contributed by atoms with Gasteiger partial charge in [-0.3, -0.25) is 9.80 Å². The lowest BCUT2D eigenvalue weighted by atomic mass is 10.1. The summed E-state index contributed by atoms with van der Waals surface area (Å²) in [7, 11) is 1.48. The Labute approximate surface area is 147 Å². The summed E-state index contributed by atoms with van der Waals surface area (Å²) >= 11 is 0. The summed E-state index contributed by atoms with van der Waals surface area (Å²) in [6, 6.07) is 5.28. The van der Waals surface area contributed by atoms with Crippen LogP contribution >= 0.6 is 0 Å². The van der Waals surface area contributed by atoms with Crippen molar-refractivity contribution >= 4 is 0 Å². The minimum atomic E-state index is -0.310. The van der Waals surface area contributed by atoms with E-state index in [0.717, 1.165) is 50.5 Å². The lowest BCUT2D eigenvalue weighted by molar-refractivity contribution is 0.0844. The molecule has 0 aliphatic carbocycles. The predicted molar refractivity (Wildman–Crippen MR) is 91.9 cm³/mol. The second-order valence-electron chi connectivity index (χ2n) is 6.36. The van der Waals surface area contributed by atoms with E-state index in [2.05, 4.69) is 26.9 Å². The fraction of sp³-hybridized carbons (Fsp3) is 0.556. The molecule has 6 nitrogen and oxygen atoms in total. The Morgan fingerprint density at radius 3 is 2.64 bits per heavy atom. The molecule has 0 amide bonds. The van der Waals surface area contributed by atoms with Gasteiger partial charge in [-0.05, 0) is 24.6 Å². The third-order valence-electron chi connectivity index (χ3n) is 4.73. The first-order valence-corrected chi connectivity index (χ1v) is 8.72. The van der Waals surface area contributed by atoms with E-state index in [1.54, 1.807) is 12.1 Å². The third kappa shape index (κ3) is 4.16. The molecule has 1 aromatic carbocycles. The number of hydrogen-bond donors (Lipinski definition) is 0. The van der Waals surface area contributed by atoms with E-state index in [-0.39, 0.29) is 17.6 Å². The highest BCUT2D eigenvalue weighted by Gasteiger charge is 2.25. The molecule has 3 rings (SSSR count). The smallest absolute Gasteiger partial charge is 0.243 e. The van der Waals surface area contributed by atoms with E-state index < -0.39 is 0 Å². The molecule has 1 atom stereocenters. The molecule has 136 valence electrons. The lowest BCUT2D eigenvalue weighted by Crippen LogP contribution is -2.46. The van der Waals surface area contributed by atoms with Gasteiger partial charge < -0.3 is 9.26 Å². The van der Waals surface area contributed by atoms with Crippen LogP contribution in [0.2, 0.25) is 0 Å². The highest BCUT2D eigenvalue weighted by Crippen LogP contribution is 2.22. The van der Waals surface area contributed by atoms with Gasteiger partial charge in [0.15, 0.2) is 17.4 Å². The molecule has 7 heteroatoms. The fourth-order valence-electron chi connectivity index (χ4n) is 3.11. The van der Waals surface area contributed by atoms with E-state index in [4.69, 9.17) is 9.26 Å². The molecule has 1 aliphatic heterocycles. The fourth-order valence-corrected chi connectivity index (χ4v) is 3.11. The van der Waals surface area contributed by atoms with Crippen LogP contribution in [-0.2, 0) is 13.0 Å². The highest BCUT2D eigenvalue weighted by atomic mass is 19.1. The number of methoxy groups -OCH3 is 1. The standard InChI is InChI=1S/C18H25FN4O2/c1-4-17-20-18(25-21-17)13(2)23-9-7-22(8-10-23)12-14-5-6-16(24-3)15(19)11-14/h5-6,11,13H,4,7-10,12H2,1-3H3. The number of rotatable bonds is 6. The molecule has 1 fully saturated rings. The SMILES string of the molecule is CCc1noc(C(C)N2CCN(Cc3ccc(OC)c(F)c3)CC2)n1. The minimum Gasteiger partial charge on any atom is -0.494 e. The summed E-state index contributed by atoms with van der Waals surface area (Å²) in [5.41, 5.74) is 0.962. The average molecular weight is 348 g/mol. The van der Waals surface area contributed by atoms with Crippen molar-refractivity contribution in [1.29, 1.82) is 0 Å². The Hall–Kier alpha value is -1.99. The molecule has 0 bridgehead atoms. The zero-order valence-electron chi connectivity index (χ0n) is 15.0. The summed E-state index contributed by atoms with van der Waals surface area (Å²) in [5.74, 6) is 1.41. The van der Waals surface area contributed by atoms with Crippen molar-refractivity contribution in [2.45, 2.75) is 32.9 Å². The first-order valence-electron chi connectivity index (χ1n) is 8.72. The Balaban J connectivity index is 1.53. The van der Waals surface area contributed by atoms with Crippen molar-refractivity contribution in [2.24, 2.45) is 0 Å². The molecule has 2 aromatic rings. The number of halogens is 1. The second kappa shape index (κ2) is 7.93. The van der Waals surface area contributed by atoms with Crippen molar-refractivity contribution in [3.05, 3.63) is 41.3 Å². The van der Waals surface area contributed by atoms with Gasteiger partial charge >= 0.3 is 0 Å². The number of ether oxygens (including phenoxy) is 1. The number of nitrogens with zero attached hydrogens (tertiary/aromatic N) is 4. The zero-order chi connectivity index (χ0) is 17.8. The van der Waals surface area contributed by atoms with Crippen molar-refractivity contribution in [3.8, 4) is 5.75 Å². The number of benzene rings is 1. The minimum absolute atomic E-state index is 0.119. The van der Waals surface area contributed by atoms with Gasteiger partial charge in [0.05, 0.1) is 13.2 Å². The summed E-state index contributed by atoms with van der Waals surface area (Å²) in [5, 5.41) is 3.97. The zero-order valence-corrected chi connectivity index (χ0v) is 15.0. The molecule has 0 saturated carbocycles. The second-order valence-corrected chi connectivity index (χ2v) is 6.36. The maximum atomic E-state index is 13.8. The quantitative estimate of drug-likeness (QED) is 0.800. The molecule has 0 spiro atoms. The van der Waals surface area contributed by atoms with E-state index in [1.807, 2.05) is 13.0 Å². The number of hydrogen-bond acceptors (Lipinski definition) is 6. The van der Waals surface area contributed by atoms with Crippen LogP contribution in [0.15, 0.2) is 22.7 Å². The van der Waals surface area contributed by atoms with Crippen LogP contribution in [0.5, 0.6) is 5.75 Å². The first-order chi connectivity index (χ1) is 12.1. The van der Waals surface area contributed by atoms with Gasteiger partial charge in [-0.1, -0.05) is 18.1 Å². The van der Waals surface area contributed by atoms with Crippen LogP contribution in [0.1, 0.15) is 37.2 Å². The van der Waals surface area contributed by atoms with Crippen LogP contribution in [0.3, 0.4) is 0 Å². The molecule has 2 heterocycles. The van der Waals surface area contributed by atoms with Gasteiger partial charge in [0.25, 0.3) is 0 Å². The Bertz CT molecular complexity index is 698. The first kappa shape index (κ1) is 17.8. The van der Waals surface area contributed by atoms with Gasteiger partial charge in [0.2, 0.25) is 5.89 Å². The van der Waals surface area contributed by atoms with Gasteiger partial charge in [0.1, 0.15) is 0 Å². The van der Waals surface area contributed by atoms with Gasteiger partial charge in [0, 0.05) is 39.1 Å². The van der Waals surface area contributed by atoms with E-state index in [9.17, 15) is 4.39 Å². The van der Waals surface area contributed by atoms with Crippen molar-refractivity contribution in [3.63, 3.8) is 0 Å². The maximum Gasteiger partial charge on any atom is 0.243 e. The van der Waals surface area contributed by atoms with Crippen molar-refractivity contribution in [2.75, 3.05) is 33.3 Å². The third-order valence-corrected chi connectivity index (χ3v) is 4.73. The monoisotopic (exact) mass is 348 g/mol. The highest BCUT2D eigenvalue weighted by molar-refractivity contribution is 5.29. The van der Waals surface area contributed by atoms with Crippen LogP contribution in [0.25, 0.3) is 0 Å². The van der Waals surface area contributed by atoms with E-state index >= 15 is 0 Å². The maximum absolute atomic E-state index is 13.8. The Kier molecular flexibility index (Phi) is 5.65. The number of piperazine rings is 1. The topological polar surface area (TPSA) is 54.6 Å². The Morgan fingerprint density at radius 1 is 1.28 bits per heavy atom. The van der Waals surface area contributed by atoms with Crippen LogP contribution < -0.4 is 4.74 Å². The predicted octanol–water partition coefficient (Wildman–Crippen LogP) is 2.66. The molecular weight excluding hydrogens is 323 g/mol. The van der Waals surface area contributed by atoms with Crippen molar-refractivity contribution < 1.29 is 13.7 Å². The number of aromatic nitrogens is 2. The summed E-state index contributed by atoms with van der Waals surface area (Å²) < 4.78 is 24.1. The van der Waals surface area contributed by atoms with Crippen molar-refractivity contribution in [1.82, 2.24) is 19.9 Å². The Morgan fingerprint density at radius 2 is 2.04 bits per heavy atom. The van der Waals surface area contributed by atoms with Gasteiger partial charge in [-0.25, -0.2) is 4.39 Å². The summed E-state index contributed by atoms with van der Waals surface area (Å²) in [6.45, 7) is 8.54. The lowest BCUT2D eigenvalue weighted by Gasteiger charge is -2.36. The molecule has 1 saturated heterocycles. The van der Waals surface area contributed by atoms with Crippen LogP contribution in [0.4, 0.5) is 4.39 Å². The van der Waals surface area contributed by atoms with Crippen LogP contribution in [0, 0.1) is 5.82 Å². The average Bonchev–Trinajstić information content (AvgIpc) is 3.11. The molecule has 1 unspecified atom stereocenters. The number of aryl methyl sites for hydroxylation is 1.